The first-order chi connectivity index (χ1) is 7.61. The molecule has 2 rings (SSSR count). The summed E-state index contributed by atoms with van der Waals surface area (Å²) in [7, 11) is 6.05. The molecule has 0 aliphatic carbocycles. The lowest BCUT2D eigenvalue weighted by molar-refractivity contribution is 0.659. The van der Waals surface area contributed by atoms with E-state index < -0.39 is 0 Å². The SMILES string of the molecule is [B]c1cc(N)c(CC)cc1N1CCC(C)C1. The van der Waals surface area contributed by atoms with Crippen molar-refractivity contribution in [1.29, 1.82) is 0 Å². The fraction of sp³-hybridized carbons (Fsp3) is 0.538. The summed E-state index contributed by atoms with van der Waals surface area (Å²) >= 11 is 0. The van der Waals surface area contributed by atoms with Gasteiger partial charge in [-0.3, -0.25) is 0 Å². The van der Waals surface area contributed by atoms with Gasteiger partial charge in [-0.15, -0.1) is 0 Å². The van der Waals surface area contributed by atoms with Gasteiger partial charge in [0.25, 0.3) is 0 Å². The van der Waals surface area contributed by atoms with Crippen molar-refractivity contribution in [3.05, 3.63) is 17.7 Å². The van der Waals surface area contributed by atoms with Gasteiger partial charge in [0, 0.05) is 24.5 Å². The van der Waals surface area contributed by atoms with Crippen LogP contribution in [0.15, 0.2) is 12.1 Å². The molecule has 1 atom stereocenters. The van der Waals surface area contributed by atoms with E-state index in [0.29, 0.717) is 0 Å². The maximum absolute atomic E-state index is 6.05. The molecule has 0 spiro atoms. The summed E-state index contributed by atoms with van der Waals surface area (Å²) in [4.78, 5) is 2.37. The molecule has 1 aromatic carbocycles. The number of hydrogen-bond donors (Lipinski definition) is 1. The number of nitrogen functional groups attached to an aromatic ring is 1. The molecule has 1 aliphatic heterocycles. The second-order valence-corrected chi connectivity index (χ2v) is 4.80. The van der Waals surface area contributed by atoms with Gasteiger partial charge < -0.3 is 10.6 Å². The van der Waals surface area contributed by atoms with Crippen molar-refractivity contribution in [2.75, 3.05) is 23.7 Å². The Morgan fingerprint density at radius 2 is 2.25 bits per heavy atom. The van der Waals surface area contributed by atoms with E-state index in [1.165, 1.54) is 12.0 Å². The number of hydrogen-bond acceptors (Lipinski definition) is 2. The van der Waals surface area contributed by atoms with Crippen molar-refractivity contribution in [2.45, 2.75) is 26.7 Å². The Morgan fingerprint density at radius 1 is 1.50 bits per heavy atom. The highest BCUT2D eigenvalue weighted by Gasteiger charge is 2.20. The van der Waals surface area contributed by atoms with Crippen molar-refractivity contribution in [1.82, 2.24) is 0 Å². The molecule has 1 aromatic rings. The minimum atomic E-state index is 0.766. The molecule has 2 nitrogen and oxygen atoms in total. The number of nitrogens with zero attached hydrogens (tertiary/aromatic N) is 1. The van der Waals surface area contributed by atoms with Gasteiger partial charge in [-0.05, 0) is 36.5 Å². The van der Waals surface area contributed by atoms with Gasteiger partial charge in [-0.1, -0.05) is 19.3 Å². The van der Waals surface area contributed by atoms with Gasteiger partial charge in [0.1, 0.15) is 7.85 Å². The minimum Gasteiger partial charge on any atom is -0.399 e. The third-order valence-corrected chi connectivity index (χ3v) is 3.43. The first-order valence-corrected chi connectivity index (χ1v) is 6.04. The molecule has 0 saturated carbocycles. The van der Waals surface area contributed by atoms with Crippen LogP contribution in [0.4, 0.5) is 11.4 Å². The fourth-order valence-electron chi connectivity index (χ4n) is 2.40. The van der Waals surface area contributed by atoms with E-state index in [-0.39, 0.29) is 0 Å². The van der Waals surface area contributed by atoms with Crippen molar-refractivity contribution < 1.29 is 0 Å². The number of anilines is 2. The molecule has 1 saturated heterocycles. The van der Waals surface area contributed by atoms with Crippen LogP contribution in [0.1, 0.15) is 25.8 Å². The largest absolute Gasteiger partial charge is 0.399 e. The fourth-order valence-corrected chi connectivity index (χ4v) is 2.40. The van der Waals surface area contributed by atoms with E-state index in [1.54, 1.807) is 0 Å². The van der Waals surface area contributed by atoms with E-state index in [2.05, 4.69) is 24.8 Å². The number of benzene rings is 1. The Labute approximate surface area is 99.2 Å². The molecular formula is C13H19BN2. The summed E-state index contributed by atoms with van der Waals surface area (Å²) in [6.07, 6.45) is 2.22. The first kappa shape index (κ1) is 11.4. The van der Waals surface area contributed by atoms with Crippen LogP contribution in [-0.4, -0.2) is 20.9 Å². The van der Waals surface area contributed by atoms with Crippen molar-refractivity contribution >= 4 is 24.7 Å². The lowest BCUT2D eigenvalue weighted by Crippen LogP contribution is -2.26. The molecule has 1 unspecified atom stereocenters. The van der Waals surface area contributed by atoms with E-state index in [1.807, 2.05) is 6.07 Å². The van der Waals surface area contributed by atoms with Crippen LogP contribution in [0.3, 0.4) is 0 Å². The molecule has 1 heterocycles. The second kappa shape index (κ2) is 4.40. The van der Waals surface area contributed by atoms with Gasteiger partial charge in [0.15, 0.2) is 0 Å². The zero-order valence-electron chi connectivity index (χ0n) is 10.2. The van der Waals surface area contributed by atoms with E-state index in [0.717, 1.165) is 42.3 Å². The van der Waals surface area contributed by atoms with Crippen LogP contribution >= 0.6 is 0 Å². The van der Waals surface area contributed by atoms with Gasteiger partial charge in [0.05, 0.1) is 0 Å². The van der Waals surface area contributed by atoms with Crippen molar-refractivity contribution in [3.8, 4) is 0 Å². The molecule has 1 aliphatic rings. The molecule has 3 heteroatoms. The van der Waals surface area contributed by atoms with E-state index in [4.69, 9.17) is 13.6 Å². The van der Waals surface area contributed by atoms with Crippen LogP contribution in [-0.2, 0) is 6.42 Å². The second-order valence-electron chi connectivity index (χ2n) is 4.80. The van der Waals surface area contributed by atoms with Crippen molar-refractivity contribution in [3.63, 3.8) is 0 Å². The molecule has 0 amide bonds. The third kappa shape index (κ3) is 2.04. The average molecular weight is 214 g/mol. The zero-order valence-corrected chi connectivity index (χ0v) is 10.2. The number of aryl methyl sites for hydroxylation is 1. The van der Waals surface area contributed by atoms with Crippen molar-refractivity contribution in [2.24, 2.45) is 5.92 Å². The predicted molar refractivity (Wildman–Crippen MR) is 71.6 cm³/mol. The maximum atomic E-state index is 6.05. The van der Waals surface area contributed by atoms with E-state index >= 15 is 0 Å². The monoisotopic (exact) mass is 214 g/mol. The summed E-state index contributed by atoms with van der Waals surface area (Å²) in [5.74, 6) is 0.766. The van der Waals surface area contributed by atoms with Gasteiger partial charge in [-0.25, -0.2) is 0 Å². The van der Waals surface area contributed by atoms with Crippen LogP contribution in [0, 0.1) is 5.92 Å². The summed E-state index contributed by atoms with van der Waals surface area (Å²) in [5, 5.41) is 0. The van der Waals surface area contributed by atoms with Crippen LogP contribution in [0.5, 0.6) is 0 Å². The third-order valence-electron chi connectivity index (χ3n) is 3.43. The molecule has 0 aromatic heterocycles. The smallest absolute Gasteiger partial charge is 0.116 e. The number of nitrogens with two attached hydrogens (primary N) is 1. The van der Waals surface area contributed by atoms with Gasteiger partial charge in [0.2, 0.25) is 0 Å². The van der Waals surface area contributed by atoms with Crippen LogP contribution in [0.2, 0.25) is 0 Å². The molecule has 1 fully saturated rings. The maximum Gasteiger partial charge on any atom is 0.116 e. The van der Waals surface area contributed by atoms with Gasteiger partial charge in [-0.2, -0.15) is 0 Å². The molecule has 0 bridgehead atoms. The Hall–Kier alpha value is -1.12. The zero-order chi connectivity index (χ0) is 11.7. The Balaban J connectivity index is 2.33. The summed E-state index contributed by atoms with van der Waals surface area (Å²) in [5.41, 5.74) is 9.91. The summed E-state index contributed by atoms with van der Waals surface area (Å²) in [6.45, 7) is 6.63. The Kier molecular flexibility index (Phi) is 3.13. The lowest BCUT2D eigenvalue weighted by Gasteiger charge is -2.22. The standard InChI is InChI=1S/C13H19BN2/c1-3-10-6-13(11(14)7-12(10)15)16-5-4-9(2)8-16/h6-7,9H,3-5,8,15H2,1-2H3. The van der Waals surface area contributed by atoms with Gasteiger partial charge >= 0.3 is 0 Å². The molecule has 16 heavy (non-hydrogen) atoms. The summed E-state index contributed by atoms with van der Waals surface area (Å²) < 4.78 is 0. The first-order valence-electron chi connectivity index (χ1n) is 6.04. The molecule has 2 radical (unpaired) electrons. The minimum absolute atomic E-state index is 0.766. The highest BCUT2D eigenvalue weighted by atomic mass is 15.1. The molecule has 2 N–H and O–H groups in total. The topological polar surface area (TPSA) is 29.3 Å². The highest BCUT2D eigenvalue weighted by Crippen LogP contribution is 2.25. The molecule has 84 valence electrons. The number of rotatable bonds is 2. The Bertz CT molecular complexity index is 390. The van der Waals surface area contributed by atoms with Crippen LogP contribution in [0.25, 0.3) is 0 Å². The molecular weight excluding hydrogens is 195 g/mol. The highest BCUT2D eigenvalue weighted by molar-refractivity contribution is 6.36. The predicted octanol–water partition coefficient (Wildman–Crippen LogP) is 1.47. The quantitative estimate of drug-likeness (QED) is 0.596. The lowest BCUT2D eigenvalue weighted by atomic mass is 9.90. The Morgan fingerprint density at radius 3 is 2.81 bits per heavy atom. The van der Waals surface area contributed by atoms with Crippen LogP contribution < -0.4 is 16.1 Å². The van der Waals surface area contributed by atoms with E-state index in [9.17, 15) is 0 Å². The average Bonchev–Trinajstić information content (AvgIpc) is 2.65. The normalized spacial score (nSPS) is 20.4. The summed E-state index contributed by atoms with van der Waals surface area (Å²) in [6, 6.07) is 4.06.